The fourth-order valence-corrected chi connectivity index (χ4v) is 3.40. The zero-order chi connectivity index (χ0) is 19.8. The van der Waals surface area contributed by atoms with Gasteiger partial charge in [0.1, 0.15) is 0 Å². The molecule has 29 heavy (non-hydrogen) atoms. The minimum atomic E-state index is 0. The van der Waals surface area contributed by atoms with Crippen LogP contribution >= 0.6 is 24.0 Å². The molecule has 9 heteroatoms. The first-order chi connectivity index (χ1) is 13.7. The van der Waals surface area contributed by atoms with Crippen LogP contribution in [-0.2, 0) is 11.3 Å². The molecule has 0 aliphatic carbocycles. The van der Waals surface area contributed by atoms with Crippen molar-refractivity contribution in [2.75, 3.05) is 39.9 Å². The second kappa shape index (κ2) is 12.1. The van der Waals surface area contributed by atoms with Crippen LogP contribution in [0.25, 0.3) is 5.82 Å². The summed E-state index contributed by atoms with van der Waals surface area (Å²) in [5.74, 6) is 2.16. The SMILES string of the molecule is CN=C(NCc1ccnc(-n2cccn2)c1)NCC(C(C)C)N1CCOCC1.I. The van der Waals surface area contributed by atoms with Crippen LogP contribution in [-0.4, -0.2) is 71.6 Å². The van der Waals surface area contributed by atoms with E-state index in [1.807, 2.05) is 24.4 Å². The Labute approximate surface area is 190 Å². The average Bonchev–Trinajstić information content (AvgIpc) is 3.26. The first-order valence-electron chi connectivity index (χ1n) is 9.88. The summed E-state index contributed by atoms with van der Waals surface area (Å²) in [6.07, 6.45) is 5.44. The van der Waals surface area contributed by atoms with Crippen LogP contribution in [0, 0.1) is 5.92 Å². The Hall–Kier alpha value is -1.72. The molecule has 0 aromatic carbocycles. The third-order valence-corrected chi connectivity index (χ3v) is 5.00. The lowest BCUT2D eigenvalue weighted by molar-refractivity contribution is 0.00752. The molecular weight excluding hydrogens is 481 g/mol. The topological polar surface area (TPSA) is 79.6 Å². The van der Waals surface area contributed by atoms with Gasteiger partial charge in [0.15, 0.2) is 11.8 Å². The second-order valence-electron chi connectivity index (χ2n) is 7.24. The molecule has 0 radical (unpaired) electrons. The number of guanidine groups is 1. The third-order valence-electron chi connectivity index (χ3n) is 5.00. The zero-order valence-corrected chi connectivity index (χ0v) is 19.7. The first-order valence-corrected chi connectivity index (χ1v) is 9.88. The van der Waals surface area contributed by atoms with Gasteiger partial charge in [-0.05, 0) is 29.7 Å². The molecule has 0 amide bonds. The lowest BCUT2D eigenvalue weighted by Gasteiger charge is -2.37. The number of nitrogens with one attached hydrogen (secondary N) is 2. The molecule has 160 valence electrons. The molecule has 0 saturated carbocycles. The quantitative estimate of drug-likeness (QED) is 0.335. The van der Waals surface area contributed by atoms with Gasteiger partial charge in [-0.15, -0.1) is 24.0 Å². The number of pyridine rings is 1. The minimum Gasteiger partial charge on any atom is -0.379 e. The van der Waals surface area contributed by atoms with Crippen molar-refractivity contribution < 1.29 is 4.74 Å². The van der Waals surface area contributed by atoms with Crippen LogP contribution in [0.4, 0.5) is 0 Å². The maximum Gasteiger partial charge on any atom is 0.191 e. The molecule has 1 aliphatic heterocycles. The monoisotopic (exact) mass is 513 g/mol. The fourth-order valence-electron chi connectivity index (χ4n) is 3.40. The molecule has 2 N–H and O–H groups in total. The number of rotatable bonds is 7. The van der Waals surface area contributed by atoms with E-state index in [1.165, 1.54) is 0 Å². The van der Waals surface area contributed by atoms with E-state index >= 15 is 0 Å². The lowest BCUT2D eigenvalue weighted by Crippen LogP contribution is -2.52. The van der Waals surface area contributed by atoms with Gasteiger partial charge in [0.2, 0.25) is 0 Å². The molecule has 1 aliphatic rings. The average molecular weight is 513 g/mol. The maximum absolute atomic E-state index is 5.49. The van der Waals surface area contributed by atoms with E-state index in [0.29, 0.717) is 18.5 Å². The number of hydrogen-bond acceptors (Lipinski definition) is 5. The number of aliphatic imine (C=N–C) groups is 1. The fraction of sp³-hybridized carbons (Fsp3) is 0.550. The number of morpholine rings is 1. The van der Waals surface area contributed by atoms with Crippen molar-refractivity contribution in [3.63, 3.8) is 0 Å². The van der Waals surface area contributed by atoms with E-state index in [4.69, 9.17) is 4.74 Å². The van der Waals surface area contributed by atoms with Crippen molar-refractivity contribution in [3.8, 4) is 5.82 Å². The van der Waals surface area contributed by atoms with Gasteiger partial charge >= 0.3 is 0 Å². The summed E-state index contributed by atoms with van der Waals surface area (Å²) in [5.41, 5.74) is 1.12. The normalized spacial score (nSPS) is 16.3. The van der Waals surface area contributed by atoms with Crippen LogP contribution < -0.4 is 10.6 Å². The van der Waals surface area contributed by atoms with Gasteiger partial charge in [0.05, 0.1) is 13.2 Å². The molecule has 0 spiro atoms. The Bertz CT molecular complexity index is 745. The number of hydrogen-bond donors (Lipinski definition) is 2. The summed E-state index contributed by atoms with van der Waals surface area (Å²) in [6, 6.07) is 6.36. The molecule has 3 heterocycles. The van der Waals surface area contributed by atoms with Gasteiger partial charge in [0.25, 0.3) is 0 Å². The lowest BCUT2D eigenvalue weighted by atomic mass is 10.0. The summed E-state index contributed by atoms with van der Waals surface area (Å²) in [6.45, 7) is 9.67. The van der Waals surface area contributed by atoms with Gasteiger partial charge in [0, 0.05) is 57.9 Å². The third kappa shape index (κ3) is 6.93. The number of halogens is 1. The number of aromatic nitrogens is 3. The van der Waals surface area contributed by atoms with Crippen molar-refractivity contribution in [3.05, 3.63) is 42.4 Å². The Kier molecular flexibility index (Phi) is 9.82. The zero-order valence-electron chi connectivity index (χ0n) is 17.4. The van der Waals surface area contributed by atoms with Gasteiger partial charge < -0.3 is 15.4 Å². The summed E-state index contributed by atoms with van der Waals surface area (Å²) >= 11 is 0. The smallest absolute Gasteiger partial charge is 0.191 e. The Balaban J connectivity index is 0.00000300. The highest BCUT2D eigenvalue weighted by molar-refractivity contribution is 14.0. The van der Waals surface area contributed by atoms with Gasteiger partial charge in [-0.2, -0.15) is 5.10 Å². The summed E-state index contributed by atoms with van der Waals surface area (Å²) < 4.78 is 7.25. The Morgan fingerprint density at radius 2 is 2.03 bits per heavy atom. The van der Waals surface area contributed by atoms with Crippen molar-refractivity contribution in [1.29, 1.82) is 0 Å². The van der Waals surface area contributed by atoms with E-state index in [-0.39, 0.29) is 24.0 Å². The molecule has 0 bridgehead atoms. The highest BCUT2D eigenvalue weighted by Gasteiger charge is 2.23. The van der Waals surface area contributed by atoms with Crippen molar-refractivity contribution in [2.24, 2.45) is 10.9 Å². The van der Waals surface area contributed by atoms with E-state index < -0.39 is 0 Å². The number of nitrogens with zero attached hydrogens (tertiary/aromatic N) is 5. The van der Waals surface area contributed by atoms with Crippen molar-refractivity contribution in [2.45, 2.75) is 26.4 Å². The van der Waals surface area contributed by atoms with Crippen LogP contribution in [0.5, 0.6) is 0 Å². The molecule has 3 rings (SSSR count). The highest BCUT2D eigenvalue weighted by Crippen LogP contribution is 2.12. The van der Waals surface area contributed by atoms with Gasteiger partial charge in [-0.3, -0.25) is 9.89 Å². The predicted octanol–water partition coefficient (Wildman–Crippen LogP) is 1.91. The van der Waals surface area contributed by atoms with Crippen LogP contribution in [0.3, 0.4) is 0 Å². The summed E-state index contributed by atoms with van der Waals surface area (Å²) in [4.78, 5) is 11.2. The van der Waals surface area contributed by atoms with Gasteiger partial charge in [-0.25, -0.2) is 9.67 Å². The molecule has 2 aromatic heterocycles. The largest absolute Gasteiger partial charge is 0.379 e. The molecule has 8 nitrogen and oxygen atoms in total. The van der Waals surface area contributed by atoms with E-state index in [1.54, 1.807) is 24.1 Å². The first kappa shape index (κ1) is 23.6. The number of ether oxygens (including phenoxy) is 1. The second-order valence-corrected chi connectivity index (χ2v) is 7.24. The summed E-state index contributed by atoms with van der Waals surface area (Å²) in [7, 11) is 1.80. The highest BCUT2D eigenvalue weighted by atomic mass is 127. The molecule has 1 saturated heterocycles. The van der Waals surface area contributed by atoms with E-state index in [0.717, 1.165) is 50.2 Å². The molecule has 1 fully saturated rings. The molecular formula is C20H32IN7O. The van der Waals surface area contributed by atoms with E-state index in [2.05, 4.69) is 44.5 Å². The van der Waals surface area contributed by atoms with Crippen LogP contribution in [0.15, 0.2) is 41.8 Å². The standard InChI is InChI=1S/C20H31N7O.HI/c1-16(2)18(26-9-11-28-12-10-26)15-24-20(21-3)23-14-17-5-7-22-19(13-17)27-8-4-6-25-27;/h4-8,13,16,18H,9-12,14-15H2,1-3H3,(H2,21,23,24);1H. The molecule has 1 atom stereocenters. The van der Waals surface area contributed by atoms with Crippen molar-refractivity contribution in [1.82, 2.24) is 30.3 Å². The van der Waals surface area contributed by atoms with Gasteiger partial charge in [-0.1, -0.05) is 13.8 Å². The summed E-state index contributed by atoms with van der Waals surface area (Å²) in [5, 5.41) is 11.1. The van der Waals surface area contributed by atoms with Crippen LogP contribution in [0.2, 0.25) is 0 Å². The molecule has 2 aromatic rings. The van der Waals surface area contributed by atoms with E-state index in [9.17, 15) is 0 Å². The molecule has 1 unspecified atom stereocenters. The Morgan fingerprint density at radius 1 is 1.24 bits per heavy atom. The Morgan fingerprint density at radius 3 is 2.69 bits per heavy atom. The maximum atomic E-state index is 5.49. The predicted molar refractivity (Wildman–Crippen MR) is 126 cm³/mol. The van der Waals surface area contributed by atoms with Crippen LogP contribution in [0.1, 0.15) is 19.4 Å². The minimum absolute atomic E-state index is 0. The van der Waals surface area contributed by atoms with Crippen molar-refractivity contribution >= 4 is 29.9 Å².